The minimum Gasteiger partial charge on any atom is -0.478 e. The number of carboxylic acids is 2. The molecule has 1 rings (SSSR count). The fourth-order valence-electron chi connectivity index (χ4n) is 1.62. The second kappa shape index (κ2) is 10.2. The zero-order valence-corrected chi connectivity index (χ0v) is 11.7. The van der Waals surface area contributed by atoms with E-state index in [-0.39, 0.29) is 11.9 Å². The van der Waals surface area contributed by atoms with Gasteiger partial charge >= 0.3 is 11.9 Å². The standard InChI is InChI=1S/C8H17N5.C4H4O4/c9-7(10)12-8(11)13-5-3-1-2-4-6-13;5-3(6)1-2-4(7)8/h1-6H2,(H5,9,10,11,12);1-2H,(H,5,6)(H,7,8)/b;2-1-. The summed E-state index contributed by atoms with van der Waals surface area (Å²) in [4.78, 5) is 24.8. The molecule has 0 unspecified atom stereocenters. The molecular formula is C12H21N5O4. The third-order valence-electron chi connectivity index (χ3n) is 2.51. The number of rotatable bonds is 2. The predicted molar refractivity (Wildman–Crippen MR) is 78.0 cm³/mol. The summed E-state index contributed by atoms with van der Waals surface area (Å²) in [5.41, 5.74) is 10.4. The number of carboxylic acid groups (broad SMARTS) is 2. The Labute approximate surface area is 122 Å². The number of aliphatic carboxylic acids is 2. The highest BCUT2D eigenvalue weighted by Crippen LogP contribution is 2.09. The maximum absolute atomic E-state index is 9.55. The number of guanidine groups is 2. The van der Waals surface area contributed by atoms with E-state index in [0.717, 1.165) is 25.9 Å². The lowest BCUT2D eigenvalue weighted by Crippen LogP contribution is -2.33. The summed E-state index contributed by atoms with van der Waals surface area (Å²) < 4.78 is 0. The molecule has 1 saturated heterocycles. The van der Waals surface area contributed by atoms with Gasteiger partial charge in [0.25, 0.3) is 0 Å². The molecule has 0 aromatic rings. The third kappa shape index (κ3) is 11.0. The first-order valence-corrected chi connectivity index (χ1v) is 6.40. The molecule has 21 heavy (non-hydrogen) atoms. The largest absolute Gasteiger partial charge is 0.478 e. The Hall–Kier alpha value is -2.58. The van der Waals surface area contributed by atoms with Crippen molar-refractivity contribution in [3.63, 3.8) is 0 Å². The van der Waals surface area contributed by atoms with Crippen molar-refractivity contribution in [1.82, 2.24) is 4.90 Å². The first-order chi connectivity index (χ1) is 9.82. The zero-order valence-electron chi connectivity index (χ0n) is 11.7. The third-order valence-corrected chi connectivity index (χ3v) is 2.51. The molecule has 7 N–H and O–H groups in total. The van der Waals surface area contributed by atoms with E-state index in [4.69, 9.17) is 27.1 Å². The molecule has 1 aliphatic rings. The van der Waals surface area contributed by atoms with Gasteiger partial charge in [-0.3, -0.25) is 5.41 Å². The minimum atomic E-state index is -1.26. The van der Waals surface area contributed by atoms with Gasteiger partial charge < -0.3 is 26.6 Å². The first kappa shape index (κ1) is 18.4. The van der Waals surface area contributed by atoms with Crippen LogP contribution in [0.5, 0.6) is 0 Å². The highest BCUT2D eigenvalue weighted by Gasteiger charge is 2.11. The summed E-state index contributed by atoms with van der Waals surface area (Å²) in [5.74, 6) is -2.35. The number of nitrogens with one attached hydrogen (secondary N) is 1. The molecule has 9 nitrogen and oxygen atoms in total. The summed E-state index contributed by atoms with van der Waals surface area (Å²) in [6.07, 6.45) is 5.85. The maximum atomic E-state index is 9.55. The SMILES string of the molecule is N=C(N=C(N)N)N1CCCCCC1.O=C(O)/C=C\C(=O)O. The van der Waals surface area contributed by atoms with Crippen LogP contribution >= 0.6 is 0 Å². The van der Waals surface area contributed by atoms with E-state index in [1.54, 1.807) is 0 Å². The fraction of sp³-hybridized carbons (Fsp3) is 0.500. The van der Waals surface area contributed by atoms with Crippen molar-refractivity contribution in [2.24, 2.45) is 16.5 Å². The number of hydrogen-bond acceptors (Lipinski definition) is 3. The molecule has 0 spiro atoms. The number of nitrogens with zero attached hydrogens (tertiary/aromatic N) is 2. The van der Waals surface area contributed by atoms with Crippen LogP contribution in [0, 0.1) is 5.41 Å². The molecular weight excluding hydrogens is 278 g/mol. The van der Waals surface area contributed by atoms with Crippen LogP contribution in [-0.4, -0.2) is 52.1 Å². The van der Waals surface area contributed by atoms with Crippen LogP contribution in [0.15, 0.2) is 17.1 Å². The first-order valence-electron chi connectivity index (χ1n) is 6.40. The van der Waals surface area contributed by atoms with Gasteiger partial charge in [-0.1, -0.05) is 12.8 Å². The van der Waals surface area contributed by atoms with Crippen LogP contribution in [0.1, 0.15) is 25.7 Å². The van der Waals surface area contributed by atoms with Gasteiger partial charge in [-0.25, -0.2) is 9.59 Å². The molecule has 0 amide bonds. The lowest BCUT2D eigenvalue weighted by atomic mass is 10.2. The zero-order chi connectivity index (χ0) is 16.3. The second-order valence-electron chi connectivity index (χ2n) is 4.27. The summed E-state index contributed by atoms with van der Waals surface area (Å²) in [6.45, 7) is 1.80. The molecule has 0 aliphatic carbocycles. The average molecular weight is 299 g/mol. The van der Waals surface area contributed by atoms with E-state index >= 15 is 0 Å². The topological polar surface area (TPSA) is 166 Å². The molecule has 1 heterocycles. The smallest absolute Gasteiger partial charge is 0.328 e. The van der Waals surface area contributed by atoms with E-state index in [1.807, 2.05) is 4.90 Å². The highest BCUT2D eigenvalue weighted by molar-refractivity contribution is 5.91. The molecule has 9 heteroatoms. The van der Waals surface area contributed by atoms with Gasteiger partial charge in [0.1, 0.15) is 0 Å². The summed E-state index contributed by atoms with van der Waals surface area (Å²) in [6, 6.07) is 0. The van der Waals surface area contributed by atoms with Crippen LogP contribution < -0.4 is 11.5 Å². The van der Waals surface area contributed by atoms with Gasteiger partial charge in [0.2, 0.25) is 5.96 Å². The van der Waals surface area contributed by atoms with Crippen molar-refractivity contribution in [1.29, 1.82) is 5.41 Å². The van der Waals surface area contributed by atoms with Crippen LogP contribution in [0.25, 0.3) is 0 Å². The number of aliphatic imine (C=N–C) groups is 1. The fourth-order valence-corrected chi connectivity index (χ4v) is 1.62. The van der Waals surface area contributed by atoms with Gasteiger partial charge in [0.15, 0.2) is 5.96 Å². The molecule has 0 saturated carbocycles. The van der Waals surface area contributed by atoms with E-state index in [0.29, 0.717) is 12.2 Å². The highest BCUT2D eigenvalue weighted by atomic mass is 16.4. The normalized spacial score (nSPS) is 14.6. The van der Waals surface area contributed by atoms with Crippen LogP contribution in [0.2, 0.25) is 0 Å². The second-order valence-corrected chi connectivity index (χ2v) is 4.27. The van der Waals surface area contributed by atoms with Gasteiger partial charge in [-0.05, 0) is 12.8 Å². The Bertz CT molecular complexity index is 405. The van der Waals surface area contributed by atoms with Crippen molar-refractivity contribution in [3.05, 3.63) is 12.2 Å². The van der Waals surface area contributed by atoms with E-state index in [2.05, 4.69) is 4.99 Å². The van der Waals surface area contributed by atoms with Gasteiger partial charge in [0.05, 0.1) is 0 Å². The number of carbonyl (C=O) groups is 2. The van der Waals surface area contributed by atoms with Crippen molar-refractivity contribution >= 4 is 23.9 Å². The summed E-state index contributed by atoms with van der Waals surface area (Å²) >= 11 is 0. The lowest BCUT2D eigenvalue weighted by molar-refractivity contribution is -0.134. The quantitative estimate of drug-likeness (QED) is 0.267. The molecule has 1 aliphatic heterocycles. The monoisotopic (exact) mass is 299 g/mol. The van der Waals surface area contributed by atoms with Crippen LogP contribution in [0.4, 0.5) is 0 Å². The van der Waals surface area contributed by atoms with Crippen LogP contribution in [-0.2, 0) is 9.59 Å². The molecule has 1 fully saturated rings. The molecule has 0 aromatic heterocycles. The van der Waals surface area contributed by atoms with Crippen LogP contribution in [0.3, 0.4) is 0 Å². The Kier molecular flexibility index (Phi) is 8.98. The molecule has 0 bridgehead atoms. The molecule has 118 valence electrons. The average Bonchev–Trinajstić information content (AvgIpc) is 2.65. The van der Waals surface area contributed by atoms with Crippen molar-refractivity contribution in [2.75, 3.05) is 13.1 Å². The van der Waals surface area contributed by atoms with Crippen molar-refractivity contribution < 1.29 is 19.8 Å². The van der Waals surface area contributed by atoms with Crippen molar-refractivity contribution in [3.8, 4) is 0 Å². The molecule has 0 aromatic carbocycles. The number of nitrogens with two attached hydrogens (primary N) is 2. The van der Waals surface area contributed by atoms with E-state index < -0.39 is 11.9 Å². The number of hydrogen-bond donors (Lipinski definition) is 5. The predicted octanol–water partition coefficient (Wildman–Crippen LogP) is -0.218. The molecule has 0 radical (unpaired) electrons. The number of likely N-dealkylation sites (tertiary alicyclic amines) is 1. The minimum absolute atomic E-state index is 0.0331. The lowest BCUT2D eigenvalue weighted by Gasteiger charge is -2.19. The Morgan fingerprint density at radius 2 is 1.43 bits per heavy atom. The van der Waals surface area contributed by atoms with Gasteiger partial charge in [-0.15, -0.1) is 0 Å². The van der Waals surface area contributed by atoms with Crippen molar-refractivity contribution in [2.45, 2.75) is 25.7 Å². The summed E-state index contributed by atoms with van der Waals surface area (Å²) in [5, 5.41) is 23.2. The van der Waals surface area contributed by atoms with E-state index in [1.165, 1.54) is 12.8 Å². The Morgan fingerprint density at radius 1 is 1.00 bits per heavy atom. The summed E-state index contributed by atoms with van der Waals surface area (Å²) in [7, 11) is 0. The maximum Gasteiger partial charge on any atom is 0.328 e. The van der Waals surface area contributed by atoms with Gasteiger partial charge in [0, 0.05) is 25.2 Å². The van der Waals surface area contributed by atoms with Gasteiger partial charge in [-0.2, -0.15) is 4.99 Å². The van der Waals surface area contributed by atoms with E-state index in [9.17, 15) is 9.59 Å². The molecule has 0 atom stereocenters. The Balaban J connectivity index is 0.000000433. The Morgan fingerprint density at radius 3 is 1.76 bits per heavy atom.